The molecule has 2 heterocycles. The van der Waals surface area contributed by atoms with Gasteiger partial charge in [-0.2, -0.15) is 4.68 Å². The Kier molecular flexibility index (Phi) is 2.44. The van der Waals surface area contributed by atoms with Crippen LogP contribution in [0.25, 0.3) is 11.5 Å². The third kappa shape index (κ3) is 1.85. The number of pyridine rings is 1. The van der Waals surface area contributed by atoms with E-state index in [0.29, 0.717) is 5.56 Å². The average Bonchev–Trinajstić information content (AvgIpc) is 2.52. The second kappa shape index (κ2) is 3.62. The predicted molar refractivity (Wildman–Crippen MR) is 57.4 cm³/mol. The van der Waals surface area contributed by atoms with Gasteiger partial charge in [-0.25, -0.2) is 4.79 Å². The number of halogens is 1. The van der Waals surface area contributed by atoms with Crippen LogP contribution in [-0.2, 0) is 7.05 Å². The second-order valence-electron chi connectivity index (χ2n) is 3.09. The van der Waals surface area contributed by atoms with E-state index in [1.807, 2.05) is 13.0 Å². The molecule has 0 aliphatic heterocycles. The van der Waals surface area contributed by atoms with Crippen LogP contribution in [-0.4, -0.2) is 14.8 Å². The molecular weight excluding hydrogens is 262 g/mol. The summed E-state index contributed by atoms with van der Waals surface area (Å²) in [6.45, 7) is 1.88. The van der Waals surface area contributed by atoms with Gasteiger partial charge in [0.2, 0.25) is 0 Å². The van der Waals surface area contributed by atoms with Crippen molar-refractivity contribution in [2.75, 3.05) is 0 Å². The molecule has 0 saturated heterocycles. The first kappa shape index (κ1) is 10.1. The molecule has 0 aliphatic carbocycles. The highest BCUT2D eigenvalue weighted by atomic mass is 79.9. The van der Waals surface area contributed by atoms with Gasteiger partial charge in [-0.05, 0) is 28.9 Å². The van der Waals surface area contributed by atoms with Gasteiger partial charge < -0.3 is 4.42 Å². The molecular formula is C9H8BrN3O2. The number of nitrogens with zero attached hydrogens (tertiary/aromatic N) is 3. The summed E-state index contributed by atoms with van der Waals surface area (Å²) in [7, 11) is 1.53. The molecule has 2 aromatic rings. The smallest absolute Gasteiger partial charge is 0.388 e. The second-order valence-corrected chi connectivity index (χ2v) is 3.94. The number of aryl methyl sites for hydroxylation is 2. The Hall–Kier alpha value is -1.43. The minimum Gasteiger partial charge on any atom is -0.388 e. The molecule has 0 aliphatic rings. The third-order valence-electron chi connectivity index (χ3n) is 1.96. The summed E-state index contributed by atoms with van der Waals surface area (Å²) in [5.41, 5.74) is 1.54. The van der Waals surface area contributed by atoms with Gasteiger partial charge in [0, 0.05) is 17.7 Å². The van der Waals surface area contributed by atoms with Gasteiger partial charge in [-0.3, -0.25) is 4.98 Å². The van der Waals surface area contributed by atoms with E-state index in [1.54, 1.807) is 6.20 Å². The molecule has 0 fully saturated rings. The highest BCUT2D eigenvalue weighted by Crippen LogP contribution is 2.21. The molecule has 0 bridgehead atoms. The van der Waals surface area contributed by atoms with Gasteiger partial charge in [0.15, 0.2) is 0 Å². The highest BCUT2D eigenvalue weighted by Gasteiger charge is 2.09. The quantitative estimate of drug-likeness (QED) is 0.788. The Morgan fingerprint density at radius 3 is 2.80 bits per heavy atom. The van der Waals surface area contributed by atoms with Crippen LogP contribution in [0, 0.1) is 6.92 Å². The topological polar surface area (TPSA) is 60.9 Å². The molecule has 2 rings (SSSR count). The summed E-state index contributed by atoms with van der Waals surface area (Å²) in [6, 6.07) is 1.81. The SMILES string of the molecule is Cc1ncc(-c2nn(C)c(=O)o2)cc1Br. The fraction of sp³-hybridized carbons (Fsp3) is 0.222. The summed E-state index contributed by atoms with van der Waals surface area (Å²) in [5, 5.41) is 3.93. The number of rotatable bonds is 1. The molecule has 0 spiro atoms. The summed E-state index contributed by atoms with van der Waals surface area (Å²) < 4.78 is 6.93. The van der Waals surface area contributed by atoms with Crippen LogP contribution in [0.3, 0.4) is 0 Å². The van der Waals surface area contributed by atoms with Gasteiger partial charge >= 0.3 is 5.76 Å². The van der Waals surface area contributed by atoms with Crippen molar-refractivity contribution in [1.29, 1.82) is 0 Å². The largest absolute Gasteiger partial charge is 0.437 e. The van der Waals surface area contributed by atoms with Crippen molar-refractivity contribution >= 4 is 15.9 Å². The lowest BCUT2D eigenvalue weighted by Crippen LogP contribution is -2.09. The molecule has 15 heavy (non-hydrogen) atoms. The first-order chi connectivity index (χ1) is 7.08. The molecule has 0 N–H and O–H groups in total. The van der Waals surface area contributed by atoms with Gasteiger partial charge in [0.25, 0.3) is 5.89 Å². The molecule has 0 aromatic carbocycles. The van der Waals surface area contributed by atoms with E-state index in [4.69, 9.17) is 4.42 Å². The van der Waals surface area contributed by atoms with Crippen molar-refractivity contribution in [1.82, 2.24) is 14.8 Å². The van der Waals surface area contributed by atoms with E-state index in [-0.39, 0.29) is 5.89 Å². The van der Waals surface area contributed by atoms with E-state index in [9.17, 15) is 4.79 Å². The first-order valence-corrected chi connectivity index (χ1v) is 5.04. The zero-order chi connectivity index (χ0) is 11.0. The monoisotopic (exact) mass is 269 g/mol. The molecule has 5 nitrogen and oxygen atoms in total. The third-order valence-corrected chi connectivity index (χ3v) is 2.76. The van der Waals surface area contributed by atoms with Gasteiger partial charge in [-0.15, -0.1) is 5.10 Å². The molecule has 0 atom stereocenters. The Morgan fingerprint density at radius 1 is 1.53 bits per heavy atom. The molecule has 78 valence electrons. The number of hydrogen-bond donors (Lipinski definition) is 0. The maximum atomic E-state index is 11.1. The molecule has 6 heteroatoms. The molecule has 2 aromatic heterocycles. The Labute approximate surface area is 93.9 Å². The van der Waals surface area contributed by atoms with Crippen molar-refractivity contribution in [3.63, 3.8) is 0 Å². The van der Waals surface area contributed by atoms with Crippen LogP contribution in [0.15, 0.2) is 25.9 Å². The van der Waals surface area contributed by atoms with E-state index in [2.05, 4.69) is 26.0 Å². The fourth-order valence-corrected chi connectivity index (χ4v) is 1.44. The number of aromatic nitrogens is 3. The lowest BCUT2D eigenvalue weighted by Gasteiger charge is -1.98. The zero-order valence-electron chi connectivity index (χ0n) is 8.19. The van der Waals surface area contributed by atoms with Crippen LogP contribution in [0.1, 0.15) is 5.69 Å². The normalized spacial score (nSPS) is 10.6. The summed E-state index contributed by atoms with van der Waals surface area (Å²) in [5.74, 6) is -0.211. The standard InChI is InChI=1S/C9H8BrN3O2/c1-5-7(10)3-6(4-11-5)8-12-13(2)9(14)15-8/h3-4H,1-2H3. The van der Waals surface area contributed by atoms with Crippen LogP contribution in [0.5, 0.6) is 0 Å². The molecule has 0 unspecified atom stereocenters. The summed E-state index contributed by atoms with van der Waals surface area (Å²) in [6.07, 6.45) is 1.62. The first-order valence-electron chi connectivity index (χ1n) is 4.24. The maximum Gasteiger partial charge on any atom is 0.437 e. The Morgan fingerprint density at radius 2 is 2.27 bits per heavy atom. The predicted octanol–water partition coefficient (Wildman–Crippen LogP) is 1.51. The van der Waals surface area contributed by atoms with Gasteiger partial charge in [0.1, 0.15) is 0 Å². The minimum atomic E-state index is -0.485. The van der Waals surface area contributed by atoms with Gasteiger partial charge in [-0.1, -0.05) is 0 Å². The molecule has 0 amide bonds. The summed E-state index contributed by atoms with van der Waals surface area (Å²) >= 11 is 3.35. The van der Waals surface area contributed by atoms with E-state index in [1.165, 1.54) is 7.05 Å². The van der Waals surface area contributed by atoms with Crippen molar-refractivity contribution in [3.8, 4) is 11.5 Å². The Balaban J connectivity index is 2.54. The van der Waals surface area contributed by atoms with Crippen LogP contribution >= 0.6 is 15.9 Å². The van der Waals surface area contributed by atoms with Crippen molar-refractivity contribution < 1.29 is 4.42 Å². The highest BCUT2D eigenvalue weighted by molar-refractivity contribution is 9.10. The van der Waals surface area contributed by atoms with E-state index >= 15 is 0 Å². The lowest BCUT2D eigenvalue weighted by atomic mass is 10.2. The average molecular weight is 270 g/mol. The van der Waals surface area contributed by atoms with Crippen molar-refractivity contribution in [3.05, 3.63) is 33.0 Å². The zero-order valence-corrected chi connectivity index (χ0v) is 9.78. The number of hydrogen-bond acceptors (Lipinski definition) is 4. The lowest BCUT2D eigenvalue weighted by molar-refractivity contribution is 0.505. The van der Waals surface area contributed by atoms with E-state index in [0.717, 1.165) is 14.8 Å². The fourth-order valence-electron chi connectivity index (χ4n) is 1.09. The van der Waals surface area contributed by atoms with E-state index < -0.39 is 5.76 Å². The van der Waals surface area contributed by atoms with Gasteiger partial charge in [0.05, 0.1) is 11.3 Å². The van der Waals surface area contributed by atoms with Crippen molar-refractivity contribution in [2.24, 2.45) is 7.05 Å². The van der Waals surface area contributed by atoms with Crippen LogP contribution in [0.2, 0.25) is 0 Å². The minimum absolute atomic E-state index is 0.274. The van der Waals surface area contributed by atoms with Crippen molar-refractivity contribution in [2.45, 2.75) is 6.92 Å². The maximum absolute atomic E-state index is 11.1. The molecule has 0 radical (unpaired) electrons. The Bertz CT molecular complexity index is 559. The van der Waals surface area contributed by atoms with Crippen LogP contribution < -0.4 is 5.76 Å². The summed E-state index contributed by atoms with van der Waals surface area (Å²) in [4.78, 5) is 15.2. The molecule has 0 saturated carbocycles. The van der Waals surface area contributed by atoms with Crippen LogP contribution in [0.4, 0.5) is 0 Å².